The second-order valence-electron chi connectivity index (χ2n) is 6.89. The first-order chi connectivity index (χ1) is 12.7. The van der Waals surface area contributed by atoms with Crippen molar-refractivity contribution in [1.29, 1.82) is 0 Å². The fourth-order valence-electron chi connectivity index (χ4n) is 2.76. The van der Waals surface area contributed by atoms with Gasteiger partial charge < -0.3 is 20.1 Å². The molecule has 0 rings (SSSR count). The molecule has 0 aliphatic rings. The Kier molecular flexibility index (Phi) is 19.7. The van der Waals surface area contributed by atoms with Gasteiger partial charge in [-0.15, -0.1) is 0 Å². The third-order valence-electron chi connectivity index (χ3n) is 4.40. The van der Waals surface area contributed by atoms with Gasteiger partial charge >= 0.3 is 5.97 Å². The van der Waals surface area contributed by atoms with Crippen molar-refractivity contribution in [3.63, 3.8) is 0 Å². The molecule has 0 bridgehead atoms. The van der Waals surface area contributed by atoms with E-state index >= 15 is 0 Å². The maximum Gasteiger partial charge on any atom is 0.306 e. The second kappa shape index (κ2) is 20.4. The van der Waals surface area contributed by atoms with Gasteiger partial charge in [0.15, 0.2) is 0 Å². The highest BCUT2D eigenvalue weighted by Crippen LogP contribution is 2.10. The zero-order valence-corrected chi connectivity index (χ0v) is 16.4. The van der Waals surface area contributed by atoms with Gasteiger partial charge in [0.25, 0.3) is 0 Å². The third kappa shape index (κ3) is 17.9. The van der Waals surface area contributed by atoms with Crippen molar-refractivity contribution in [1.82, 2.24) is 0 Å². The van der Waals surface area contributed by atoms with Crippen molar-refractivity contribution in [3.8, 4) is 0 Å². The molecule has 154 valence electrons. The molecule has 0 saturated carbocycles. The lowest BCUT2D eigenvalue weighted by Gasteiger charge is -2.12. The highest BCUT2D eigenvalue weighted by molar-refractivity contribution is 5.69. The summed E-state index contributed by atoms with van der Waals surface area (Å²) in [6.45, 7) is -0.342. The van der Waals surface area contributed by atoms with Gasteiger partial charge in [0.05, 0.1) is 13.2 Å². The van der Waals surface area contributed by atoms with E-state index in [4.69, 9.17) is 20.1 Å². The molecular weight excluding hydrogens is 332 g/mol. The molecule has 0 aromatic carbocycles. The molecule has 26 heavy (non-hydrogen) atoms. The van der Waals surface area contributed by atoms with E-state index in [1.54, 1.807) is 0 Å². The predicted octanol–water partition coefficient (Wildman–Crippen LogP) is 3.89. The van der Waals surface area contributed by atoms with Crippen LogP contribution >= 0.6 is 0 Å². The Morgan fingerprint density at radius 1 is 0.692 bits per heavy atom. The monoisotopic (exact) mass is 372 g/mol. The van der Waals surface area contributed by atoms with Crippen LogP contribution in [0.15, 0.2) is 12.2 Å². The number of carbonyl (C=O) groups excluding carboxylic acids is 1. The Morgan fingerprint density at radius 2 is 1.15 bits per heavy atom. The van der Waals surface area contributed by atoms with E-state index in [1.807, 2.05) is 0 Å². The van der Waals surface area contributed by atoms with Gasteiger partial charge in [-0.2, -0.15) is 0 Å². The van der Waals surface area contributed by atoms with E-state index in [2.05, 4.69) is 12.2 Å². The Labute approximate surface area is 159 Å². The van der Waals surface area contributed by atoms with Gasteiger partial charge in [0, 0.05) is 13.0 Å². The van der Waals surface area contributed by atoms with Crippen LogP contribution < -0.4 is 0 Å². The number of rotatable bonds is 19. The van der Waals surface area contributed by atoms with Crippen LogP contribution in [0.1, 0.15) is 89.9 Å². The number of carbonyl (C=O) groups is 1. The summed E-state index contributed by atoms with van der Waals surface area (Å²) in [4.78, 5) is 11.5. The Bertz CT molecular complexity index is 326. The molecule has 0 unspecified atom stereocenters. The van der Waals surface area contributed by atoms with Crippen molar-refractivity contribution in [2.24, 2.45) is 0 Å². The minimum Gasteiger partial charge on any atom is -0.457 e. The van der Waals surface area contributed by atoms with Crippen LogP contribution in [-0.4, -0.2) is 47.2 Å². The summed E-state index contributed by atoms with van der Waals surface area (Å²) < 4.78 is 4.91. The fraction of sp³-hybridized carbons (Fsp3) is 0.857. The molecule has 3 N–H and O–H groups in total. The lowest BCUT2D eigenvalue weighted by Crippen LogP contribution is -2.25. The van der Waals surface area contributed by atoms with E-state index in [0.29, 0.717) is 13.0 Å². The second-order valence-corrected chi connectivity index (χ2v) is 6.89. The number of ether oxygens (including phenoxy) is 1. The summed E-state index contributed by atoms with van der Waals surface area (Å²) in [5.74, 6) is -0.338. The lowest BCUT2D eigenvalue weighted by atomic mass is 10.1. The zero-order valence-electron chi connectivity index (χ0n) is 16.4. The van der Waals surface area contributed by atoms with Crippen molar-refractivity contribution >= 4 is 5.97 Å². The minimum atomic E-state index is -0.777. The quantitative estimate of drug-likeness (QED) is 0.182. The summed E-state index contributed by atoms with van der Waals surface area (Å²) in [5.41, 5.74) is 0. The molecule has 5 heteroatoms. The van der Waals surface area contributed by atoms with Crippen LogP contribution in [0, 0.1) is 0 Å². The van der Waals surface area contributed by atoms with Crippen molar-refractivity contribution in [2.75, 3.05) is 19.8 Å². The molecule has 0 saturated heterocycles. The highest BCUT2D eigenvalue weighted by atomic mass is 16.6. The summed E-state index contributed by atoms with van der Waals surface area (Å²) in [6, 6.07) is 0. The van der Waals surface area contributed by atoms with Gasteiger partial charge in [-0.05, 0) is 38.5 Å². The number of hydrogen-bond donors (Lipinski definition) is 3. The van der Waals surface area contributed by atoms with Gasteiger partial charge in [0.1, 0.15) is 6.10 Å². The van der Waals surface area contributed by atoms with Crippen LogP contribution in [0.4, 0.5) is 0 Å². The zero-order chi connectivity index (χ0) is 19.3. The van der Waals surface area contributed by atoms with E-state index in [0.717, 1.165) is 38.5 Å². The molecule has 0 radical (unpaired) electrons. The van der Waals surface area contributed by atoms with E-state index in [1.165, 1.54) is 44.9 Å². The number of hydrogen-bond acceptors (Lipinski definition) is 5. The third-order valence-corrected chi connectivity index (χ3v) is 4.40. The molecule has 0 aliphatic heterocycles. The van der Waals surface area contributed by atoms with Crippen LogP contribution in [-0.2, 0) is 9.53 Å². The molecule has 0 aromatic rings. The molecule has 0 amide bonds. The smallest absolute Gasteiger partial charge is 0.306 e. The Balaban J connectivity index is 3.27. The average molecular weight is 373 g/mol. The molecule has 5 nitrogen and oxygen atoms in total. The SMILES string of the molecule is O=C(CCCCCCC/C=C/CCCCCCCCO)OC(CO)CO. The molecule has 0 atom stereocenters. The predicted molar refractivity (Wildman–Crippen MR) is 105 cm³/mol. The Morgan fingerprint density at radius 3 is 1.65 bits per heavy atom. The average Bonchev–Trinajstić information content (AvgIpc) is 2.65. The van der Waals surface area contributed by atoms with E-state index < -0.39 is 6.10 Å². The number of esters is 1. The first-order valence-corrected chi connectivity index (χ1v) is 10.4. The van der Waals surface area contributed by atoms with E-state index in [-0.39, 0.29) is 19.2 Å². The fourth-order valence-corrected chi connectivity index (χ4v) is 2.76. The molecule has 0 aromatic heterocycles. The largest absolute Gasteiger partial charge is 0.457 e. The summed E-state index contributed by atoms with van der Waals surface area (Å²) in [7, 11) is 0. The van der Waals surface area contributed by atoms with Crippen LogP contribution in [0.5, 0.6) is 0 Å². The van der Waals surface area contributed by atoms with Gasteiger partial charge in [-0.3, -0.25) is 4.79 Å². The highest BCUT2D eigenvalue weighted by Gasteiger charge is 2.11. The van der Waals surface area contributed by atoms with Gasteiger partial charge in [0.2, 0.25) is 0 Å². The number of aliphatic hydroxyl groups is 3. The van der Waals surface area contributed by atoms with Gasteiger partial charge in [-0.1, -0.05) is 57.1 Å². The van der Waals surface area contributed by atoms with Crippen molar-refractivity contribution in [3.05, 3.63) is 12.2 Å². The lowest BCUT2D eigenvalue weighted by molar-refractivity contribution is -0.153. The summed E-state index contributed by atoms with van der Waals surface area (Å²) >= 11 is 0. The Hall–Kier alpha value is -0.910. The normalized spacial score (nSPS) is 11.5. The van der Waals surface area contributed by atoms with Crippen molar-refractivity contribution < 1.29 is 24.9 Å². The number of allylic oxidation sites excluding steroid dienone is 2. The molecule has 0 fully saturated rings. The maximum absolute atomic E-state index is 11.5. The minimum absolute atomic E-state index is 0.324. The topological polar surface area (TPSA) is 87.0 Å². The molecular formula is C21H40O5. The van der Waals surface area contributed by atoms with Gasteiger partial charge in [-0.25, -0.2) is 0 Å². The van der Waals surface area contributed by atoms with Crippen LogP contribution in [0.3, 0.4) is 0 Å². The molecule has 0 heterocycles. The summed E-state index contributed by atoms with van der Waals surface area (Å²) in [5, 5.41) is 26.4. The van der Waals surface area contributed by atoms with Crippen LogP contribution in [0.25, 0.3) is 0 Å². The standard InChI is InChI=1S/C21H40O5/c22-17-15-13-11-9-7-5-3-1-2-4-6-8-10-12-14-16-21(25)26-20(18-23)19-24/h1-2,20,22-24H,3-19H2/b2-1+. The van der Waals surface area contributed by atoms with Crippen molar-refractivity contribution in [2.45, 2.75) is 96.0 Å². The molecule has 0 spiro atoms. The summed E-state index contributed by atoms with van der Waals surface area (Å²) in [6.07, 6.45) is 18.9. The first-order valence-electron chi connectivity index (χ1n) is 10.4. The molecule has 0 aliphatic carbocycles. The van der Waals surface area contributed by atoms with E-state index in [9.17, 15) is 4.79 Å². The number of unbranched alkanes of at least 4 members (excludes halogenated alkanes) is 11. The maximum atomic E-state index is 11.5. The first kappa shape index (κ1) is 25.1. The van der Waals surface area contributed by atoms with Crippen LogP contribution in [0.2, 0.25) is 0 Å². The number of aliphatic hydroxyl groups excluding tert-OH is 3.